The quantitative estimate of drug-likeness (QED) is 0.671. The van der Waals surface area contributed by atoms with Crippen molar-refractivity contribution in [2.75, 3.05) is 0 Å². The number of halogens is 1. The Balaban J connectivity index is 2.60. The van der Waals surface area contributed by atoms with Crippen LogP contribution in [0, 0.1) is 0 Å². The highest BCUT2D eigenvalue weighted by Gasteiger charge is 2.21. The lowest BCUT2D eigenvalue weighted by atomic mass is 9.87. The van der Waals surface area contributed by atoms with Gasteiger partial charge in [0.2, 0.25) is 0 Å². The molecule has 1 atom stereocenters. The standard InChI is InChI=1S/C10H12ClNO/c11-7-4-5-9(13)6-2-1-3-8(12)10(6)7/h4-5,8,13H,1-3,12H2/t8-/m0/s1. The van der Waals surface area contributed by atoms with Crippen LogP contribution in [0.4, 0.5) is 0 Å². The Bertz CT molecular complexity index is 338. The van der Waals surface area contributed by atoms with E-state index in [0.717, 1.165) is 30.4 Å². The van der Waals surface area contributed by atoms with Crippen LogP contribution in [0.2, 0.25) is 5.02 Å². The summed E-state index contributed by atoms with van der Waals surface area (Å²) in [5, 5.41) is 10.3. The largest absolute Gasteiger partial charge is 0.508 e. The Morgan fingerprint density at radius 2 is 2.23 bits per heavy atom. The van der Waals surface area contributed by atoms with E-state index < -0.39 is 0 Å². The normalized spacial score (nSPS) is 21.2. The molecule has 1 aliphatic rings. The van der Waals surface area contributed by atoms with Crippen LogP contribution in [0.1, 0.15) is 30.0 Å². The van der Waals surface area contributed by atoms with Gasteiger partial charge in [0.05, 0.1) is 0 Å². The molecule has 2 rings (SSSR count). The fourth-order valence-electron chi connectivity index (χ4n) is 1.93. The predicted molar refractivity (Wildman–Crippen MR) is 53.0 cm³/mol. The average molecular weight is 198 g/mol. The Hall–Kier alpha value is -0.730. The average Bonchev–Trinajstić information content (AvgIpc) is 2.12. The van der Waals surface area contributed by atoms with E-state index in [-0.39, 0.29) is 6.04 Å². The molecular weight excluding hydrogens is 186 g/mol. The second kappa shape index (κ2) is 3.20. The molecule has 0 aromatic heterocycles. The maximum absolute atomic E-state index is 9.58. The lowest BCUT2D eigenvalue weighted by molar-refractivity contribution is 0.455. The molecule has 0 saturated heterocycles. The van der Waals surface area contributed by atoms with Crippen molar-refractivity contribution in [2.24, 2.45) is 5.73 Å². The van der Waals surface area contributed by atoms with E-state index in [1.165, 1.54) is 0 Å². The third kappa shape index (κ3) is 1.40. The molecule has 2 nitrogen and oxygen atoms in total. The lowest BCUT2D eigenvalue weighted by Crippen LogP contribution is -2.17. The van der Waals surface area contributed by atoms with Crippen molar-refractivity contribution in [3.8, 4) is 5.75 Å². The molecule has 0 radical (unpaired) electrons. The monoisotopic (exact) mass is 197 g/mol. The Morgan fingerprint density at radius 3 is 2.92 bits per heavy atom. The predicted octanol–water partition coefficient (Wildman–Crippen LogP) is 2.38. The van der Waals surface area contributed by atoms with Gasteiger partial charge < -0.3 is 10.8 Å². The van der Waals surface area contributed by atoms with Gasteiger partial charge in [-0.3, -0.25) is 0 Å². The zero-order valence-corrected chi connectivity index (χ0v) is 8.01. The molecule has 1 aromatic carbocycles. The number of hydrogen-bond acceptors (Lipinski definition) is 2. The molecule has 0 bridgehead atoms. The van der Waals surface area contributed by atoms with Crippen molar-refractivity contribution in [1.82, 2.24) is 0 Å². The zero-order valence-electron chi connectivity index (χ0n) is 7.26. The van der Waals surface area contributed by atoms with Crippen LogP contribution in [0.25, 0.3) is 0 Å². The Morgan fingerprint density at radius 1 is 1.46 bits per heavy atom. The van der Waals surface area contributed by atoms with E-state index >= 15 is 0 Å². The van der Waals surface area contributed by atoms with Crippen molar-refractivity contribution >= 4 is 11.6 Å². The summed E-state index contributed by atoms with van der Waals surface area (Å²) in [7, 11) is 0. The van der Waals surface area contributed by atoms with Gasteiger partial charge in [-0.05, 0) is 37.0 Å². The van der Waals surface area contributed by atoms with Gasteiger partial charge in [0.15, 0.2) is 0 Å². The molecule has 0 amide bonds. The van der Waals surface area contributed by atoms with E-state index in [2.05, 4.69) is 0 Å². The van der Waals surface area contributed by atoms with E-state index in [4.69, 9.17) is 17.3 Å². The lowest BCUT2D eigenvalue weighted by Gasteiger charge is -2.23. The second-order valence-corrected chi connectivity index (χ2v) is 3.86. The Kier molecular flexibility index (Phi) is 2.18. The molecule has 0 unspecified atom stereocenters. The molecule has 70 valence electrons. The summed E-state index contributed by atoms with van der Waals surface area (Å²) < 4.78 is 0. The highest BCUT2D eigenvalue weighted by atomic mass is 35.5. The summed E-state index contributed by atoms with van der Waals surface area (Å²) >= 11 is 6.02. The summed E-state index contributed by atoms with van der Waals surface area (Å²) in [5.74, 6) is 0.328. The van der Waals surface area contributed by atoms with E-state index in [0.29, 0.717) is 10.8 Å². The minimum Gasteiger partial charge on any atom is -0.508 e. The number of phenolic OH excluding ortho intramolecular Hbond substituents is 1. The number of benzene rings is 1. The van der Waals surface area contributed by atoms with Gasteiger partial charge in [0, 0.05) is 16.6 Å². The topological polar surface area (TPSA) is 46.2 Å². The number of hydrogen-bond donors (Lipinski definition) is 2. The minimum absolute atomic E-state index is 0.0108. The van der Waals surface area contributed by atoms with Crippen LogP contribution in [0.15, 0.2) is 12.1 Å². The van der Waals surface area contributed by atoms with Crippen molar-refractivity contribution < 1.29 is 5.11 Å². The number of phenols is 1. The maximum atomic E-state index is 9.58. The van der Waals surface area contributed by atoms with E-state index in [1.807, 2.05) is 0 Å². The summed E-state index contributed by atoms with van der Waals surface area (Å²) in [6.45, 7) is 0. The van der Waals surface area contributed by atoms with Crippen molar-refractivity contribution in [3.05, 3.63) is 28.3 Å². The maximum Gasteiger partial charge on any atom is 0.119 e. The number of rotatable bonds is 0. The van der Waals surface area contributed by atoms with Crippen LogP contribution >= 0.6 is 11.6 Å². The number of aromatic hydroxyl groups is 1. The summed E-state index contributed by atoms with van der Waals surface area (Å²) in [6, 6.07) is 3.34. The number of nitrogens with two attached hydrogens (primary N) is 1. The van der Waals surface area contributed by atoms with E-state index in [1.54, 1.807) is 12.1 Å². The van der Waals surface area contributed by atoms with Crippen molar-refractivity contribution in [3.63, 3.8) is 0 Å². The molecule has 1 aromatic rings. The molecule has 3 N–H and O–H groups in total. The van der Waals surface area contributed by atoms with Crippen LogP contribution < -0.4 is 5.73 Å². The van der Waals surface area contributed by atoms with Gasteiger partial charge in [-0.2, -0.15) is 0 Å². The van der Waals surface area contributed by atoms with Crippen LogP contribution in [-0.4, -0.2) is 5.11 Å². The molecule has 0 spiro atoms. The third-order valence-corrected chi connectivity index (χ3v) is 2.92. The SMILES string of the molecule is N[C@H]1CCCc2c(O)ccc(Cl)c21. The molecular formula is C10H12ClNO. The van der Waals surface area contributed by atoms with Gasteiger partial charge in [0.1, 0.15) is 5.75 Å². The number of fused-ring (bicyclic) bond motifs is 1. The summed E-state index contributed by atoms with van der Waals surface area (Å²) in [6.07, 6.45) is 2.87. The first-order valence-corrected chi connectivity index (χ1v) is 4.84. The molecule has 0 aliphatic heterocycles. The highest BCUT2D eigenvalue weighted by Crippen LogP contribution is 2.37. The smallest absolute Gasteiger partial charge is 0.119 e. The van der Waals surface area contributed by atoms with E-state index in [9.17, 15) is 5.11 Å². The van der Waals surface area contributed by atoms with Gasteiger partial charge in [-0.25, -0.2) is 0 Å². The fourth-order valence-corrected chi connectivity index (χ4v) is 2.25. The second-order valence-electron chi connectivity index (χ2n) is 3.46. The molecule has 3 heteroatoms. The van der Waals surface area contributed by atoms with Crippen molar-refractivity contribution in [2.45, 2.75) is 25.3 Å². The fraction of sp³-hybridized carbons (Fsp3) is 0.400. The molecule has 13 heavy (non-hydrogen) atoms. The highest BCUT2D eigenvalue weighted by molar-refractivity contribution is 6.31. The molecule has 0 fully saturated rings. The van der Waals surface area contributed by atoms with Crippen LogP contribution in [0.5, 0.6) is 5.75 Å². The zero-order chi connectivity index (χ0) is 9.42. The first-order valence-electron chi connectivity index (χ1n) is 4.46. The Labute approximate surface area is 82.3 Å². The third-order valence-electron chi connectivity index (χ3n) is 2.59. The minimum atomic E-state index is -0.0108. The summed E-state index contributed by atoms with van der Waals surface area (Å²) in [4.78, 5) is 0. The van der Waals surface area contributed by atoms with Crippen LogP contribution in [0.3, 0.4) is 0 Å². The van der Waals surface area contributed by atoms with Gasteiger partial charge >= 0.3 is 0 Å². The molecule has 0 heterocycles. The van der Waals surface area contributed by atoms with Gasteiger partial charge in [-0.1, -0.05) is 11.6 Å². The van der Waals surface area contributed by atoms with Gasteiger partial charge in [0.25, 0.3) is 0 Å². The summed E-state index contributed by atoms with van der Waals surface area (Å²) in [5.41, 5.74) is 7.79. The van der Waals surface area contributed by atoms with Gasteiger partial charge in [-0.15, -0.1) is 0 Å². The van der Waals surface area contributed by atoms with Crippen molar-refractivity contribution in [1.29, 1.82) is 0 Å². The van der Waals surface area contributed by atoms with Crippen LogP contribution in [-0.2, 0) is 6.42 Å². The first kappa shape index (κ1) is 8.85. The first-order chi connectivity index (χ1) is 6.20. The molecule has 0 saturated carbocycles. The molecule has 1 aliphatic carbocycles.